The molecule has 16 heavy (non-hydrogen) atoms. The summed E-state index contributed by atoms with van der Waals surface area (Å²) in [7, 11) is 0. The molecule has 0 aromatic rings. The molecule has 1 heterocycles. The van der Waals surface area contributed by atoms with Crippen molar-refractivity contribution >= 4 is 0 Å². The fraction of sp³-hybridized carbons (Fsp3) is 1.00. The topological polar surface area (TPSA) is 29.5 Å². The summed E-state index contributed by atoms with van der Waals surface area (Å²) in [6.07, 6.45) is 5.63. The molecule has 94 valence electrons. The Balaban J connectivity index is 2.04. The van der Waals surface area contributed by atoms with Gasteiger partial charge in [-0.15, -0.1) is 0 Å². The maximum Gasteiger partial charge on any atom is 0.0722 e. The molecule has 0 aromatic heterocycles. The van der Waals surface area contributed by atoms with Crippen LogP contribution in [0.4, 0.5) is 0 Å². The SMILES string of the molecule is CC1CC(C)CC(C2(O)CCOC(C)C2)C1. The molecule has 1 aliphatic carbocycles. The van der Waals surface area contributed by atoms with Gasteiger partial charge in [-0.3, -0.25) is 0 Å². The highest BCUT2D eigenvalue weighted by Crippen LogP contribution is 2.43. The maximum absolute atomic E-state index is 10.8. The van der Waals surface area contributed by atoms with Crippen LogP contribution in [-0.4, -0.2) is 23.4 Å². The van der Waals surface area contributed by atoms with Crippen LogP contribution in [0.25, 0.3) is 0 Å². The molecule has 4 unspecified atom stereocenters. The van der Waals surface area contributed by atoms with Crippen LogP contribution in [0.5, 0.6) is 0 Å². The van der Waals surface area contributed by atoms with Gasteiger partial charge in [0.1, 0.15) is 0 Å². The van der Waals surface area contributed by atoms with Gasteiger partial charge in [0.05, 0.1) is 11.7 Å². The van der Waals surface area contributed by atoms with Crippen molar-refractivity contribution in [2.24, 2.45) is 17.8 Å². The largest absolute Gasteiger partial charge is 0.389 e. The summed E-state index contributed by atoms with van der Waals surface area (Å²) >= 11 is 0. The van der Waals surface area contributed by atoms with Gasteiger partial charge in [0.2, 0.25) is 0 Å². The fourth-order valence-corrected chi connectivity index (χ4v) is 3.85. The Morgan fingerprint density at radius 3 is 2.25 bits per heavy atom. The molecule has 2 nitrogen and oxygen atoms in total. The monoisotopic (exact) mass is 226 g/mol. The van der Waals surface area contributed by atoms with E-state index in [1.165, 1.54) is 19.3 Å². The summed E-state index contributed by atoms with van der Waals surface area (Å²) in [6, 6.07) is 0. The van der Waals surface area contributed by atoms with Crippen LogP contribution < -0.4 is 0 Å². The molecule has 2 rings (SSSR count). The Morgan fingerprint density at radius 2 is 1.69 bits per heavy atom. The van der Waals surface area contributed by atoms with Crippen LogP contribution in [0.15, 0.2) is 0 Å². The average molecular weight is 226 g/mol. The number of aliphatic hydroxyl groups is 1. The highest BCUT2D eigenvalue weighted by Gasteiger charge is 2.43. The third-order valence-corrected chi connectivity index (χ3v) is 4.52. The van der Waals surface area contributed by atoms with E-state index in [2.05, 4.69) is 20.8 Å². The zero-order valence-electron chi connectivity index (χ0n) is 10.9. The Hall–Kier alpha value is -0.0800. The Bertz CT molecular complexity index is 231. The van der Waals surface area contributed by atoms with Crippen LogP contribution >= 0.6 is 0 Å². The lowest BCUT2D eigenvalue weighted by Gasteiger charge is -2.45. The van der Waals surface area contributed by atoms with E-state index in [1.54, 1.807) is 0 Å². The predicted molar refractivity (Wildman–Crippen MR) is 65.3 cm³/mol. The zero-order chi connectivity index (χ0) is 11.8. The van der Waals surface area contributed by atoms with E-state index in [9.17, 15) is 5.11 Å². The van der Waals surface area contributed by atoms with E-state index in [0.717, 1.165) is 31.3 Å². The van der Waals surface area contributed by atoms with Crippen molar-refractivity contribution in [1.29, 1.82) is 0 Å². The highest BCUT2D eigenvalue weighted by atomic mass is 16.5. The number of ether oxygens (including phenoxy) is 1. The zero-order valence-corrected chi connectivity index (χ0v) is 10.9. The second-order valence-corrected chi connectivity index (χ2v) is 6.35. The normalized spacial score (nSPS) is 50.2. The fourth-order valence-electron chi connectivity index (χ4n) is 3.85. The quantitative estimate of drug-likeness (QED) is 0.745. The highest BCUT2D eigenvalue weighted by molar-refractivity contribution is 4.94. The minimum Gasteiger partial charge on any atom is -0.389 e. The van der Waals surface area contributed by atoms with E-state index < -0.39 is 5.60 Å². The second kappa shape index (κ2) is 4.66. The molecular weight excluding hydrogens is 200 g/mol. The second-order valence-electron chi connectivity index (χ2n) is 6.35. The van der Waals surface area contributed by atoms with Gasteiger partial charge in [-0.2, -0.15) is 0 Å². The molecule has 1 saturated carbocycles. The van der Waals surface area contributed by atoms with Crippen LogP contribution in [0, 0.1) is 17.8 Å². The summed E-state index contributed by atoms with van der Waals surface area (Å²) in [5.74, 6) is 2.05. The molecular formula is C14H26O2. The van der Waals surface area contributed by atoms with Crippen LogP contribution in [0.2, 0.25) is 0 Å². The average Bonchev–Trinajstić information content (AvgIpc) is 2.15. The Kier molecular flexibility index (Phi) is 3.60. The summed E-state index contributed by atoms with van der Waals surface area (Å²) in [6.45, 7) is 7.47. The number of hydrogen-bond acceptors (Lipinski definition) is 2. The van der Waals surface area contributed by atoms with Gasteiger partial charge in [-0.05, 0) is 50.4 Å². The van der Waals surface area contributed by atoms with Crippen molar-refractivity contribution in [3.05, 3.63) is 0 Å². The molecule has 1 saturated heterocycles. The summed E-state index contributed by atoms with van der Waals surface area (Å²) in [5, 5.41) is 10.8. The first-order valence-electron chi connectivity index (χ1n) is 6.83. The number of rotatable bonds is 1. The van der Waals surface area contributed by atoms with Gasteiger partial charge in [-0.25, -0.2) is 0 Å². The molecule has 1 aliphatic heterocycles. The van der Waals surface area contributed by atoms with Crippen LogP contribution in [0.3, 0.4) is 0 Å². The molecule has 2 heteroatoms. The molecule has 4 atom stereocenters. The van der Waals surface area contributed by atoms with Gasteiger partial charge in [0.25, 0.3) is 0 Å². The van der Waals surface area contributed by atoms with Crippen molar-refractivity contribution in [2.45, 2.75) is 64.6 Å². The van der Waals surface area contributed by atoms with Crippen molar-refractivity contribution in [3.8, 4) is 0 Å². The van der Waals surface area contributed by atoms with Crippen molar-refractivity contribution in [2.75, 3.05) is 6.61 Å². The van der Waals surface area contributed by atoms with E-state index >= 15 is 0 Å². The molecule has 0 aromatic carbocycles. The lowest BCUT2D eigenvalue weighted by Crippen LogP contribution is -2.48. The van der Waals surface area contributed by atoms with Crippen LogP contribution in [-0.2, 0) is 4.74 Å². The molecule has 2 aliphatic rings. The lowest BCUT2D eigenvalue weighted by molar-refractivity contribution is -0.139. The minimum absolute atomic E-state index is 0.228. The van der Waals surface area contributed by atoms with Crippen LogP contribution in [0.1, 0.15) is 52.9 Å². The molecule has 0 amide bonds. The van der Waals surface area contributed by atoms with Gasteiger partial charge >= 0.3 is 0 Å². The molecule has 0 bridgehead atoms. The summed E-state index contributed by atoms with van der Waals surface area (Å²) < 4.78 is 5.56. The molecule has 1 N–H and O–H groups in total. The maximum atomic E-state index is 10.8. The Morgan fingerprint density at radius 1 is 1.06 bits per heavy atom. The lowest BCUT2D eigenvalue weighted by atomic mass is 9.66. The summed E-state index contributed by atoms with van der Waals surface area (Å²) in [5.41, 5.74) is -0.444. The summed E-state index contributed by atoms with van der Waals surface area (Å²) in [4.78, 5) is 0. The standard InChI is InChI=1S/C14H26O2/c1-10-6-11(2)8-13(7-10)14(15)4-5-16-12(3)9-14/h10-13,15H,4-9H2,1-3H3. The molecule has 0 radical (unpaired) electrons. The van der Waals surface area contributed by atoms with Gasteiger partial charge in [0, 0.05) is 13.0 Å². The molecule has 2 fully saturated rings. The third-order valence-electron chi connectivity index (χ3n) is 4.52. The van der Waals surface area contributed by atoms with E-state index in [4.69, 9.17) is 4.74 Å². The Labute approximate surface area is 99.4 Å². The van der Waals surface area contributed by atoms with Gasteiger partial charge < -0.3 is 9.84 Å². The van der Waals surface area contributed by atoms with E-state index in [0.29, 0.717) is 5.92 Å². The van der Waals surface area contributed by atoms with Crippen molar-refractivity contribution in [3.63, 3.8) is 0 Å². The van der Waals surface area contributed by atoms with Crippen molar-refractivity contribution < 1.29 is 9.84 Å². The van der Waals surface area contributed by atoms with E-state index in [1.807, 2.05) is 0 Å². The van der Waals surface area contributed by atoms with Crippen molar-refractivity contribution in [1.82, 2.24) is 0 Å². The van der Waals surface area contributed by atoms with Gasteiger partial charge in [0.15, 0.2) is 0 Å². The smallest absolute Gasteiger partial charge is 0.0722 e. The number of hydrogen-bond donors (Lipinski definition) is 1. The predicted octanol–water partition coefficient (Wildman–Crippen LogP) is 2.99. The first-order chi connectivity index (χ1) is 7.49. The van der Waals surface area contributed by atoms with E-state index in [-0.39, 0.29) is 6.10 Å². The van der Waals surface area contributed by atoms with Gasteiger partial charge in [-0.1, -0.05) is 13.8 Å². The first kappa shape index (κ1) is 12.4. The minimum atomic E-state index is -0.444. The first-order valence-corrected chi connectivity index (χ1v) is 6.83. The third kappa shape index (κ3) is 2.60. The molecule has 0 spiro atoms.